The first-order chi connectivity index (χ1) is 6.14. The van der Waals surface area contributed by atoms with Crippen LogP contribution in [0, 0.1) is 0 Å². The molecule has 0 aliphatic heterocycles. The first kappa shape index (κ1) is 14.4. The molecule has 0 amide bonds. The minimum atomic E-state index is -0.703. The van der Waals surface area contributed by atoms with E-state index in [2.05, 4.69) is 0 Å². The standard InChI is InChI=1S/C9H19ClO3Si/c1-8(2,3)11-7(13-14-10)12-9(4,5)6/h7H,1-6H3. The van der Waals surface area contributed by atoms with Crippen molar-refractivity contribution in [3.05, 3.63) is 0 Å². The van der Waals surface area contributed by atoms with E-state index >= 15 is 0 Å². The lowest BCUT2D eigenvalue weighted by molar-refractivity contribution is -0.313. The van der Waals surface area contributed by atoms with Crippen LogP contribution in [0.25, 0.3) is 0 Å². The van der Waals surface area contributed by atoms with Gasteiger partial charge in [0.15, 0.2) is 0 Å². The van der Waals surface area contributed by atoms with Crippen LogP contribution >= 0.6 is 11.1 Å². The monoisotopic (exact) mass is 238 g/mol. The molecule has 0 unspecified atom stereocenters. The Hall–Kier alpha value is 0.387. The van der Waals surface area contributed by atoms with Gasteiger partial charge in [-0.1, -0.05) is 0 Å². The molecule has 0 saturated carbocycles. The fourth-order valence-corrected chi connectivity index (χ4v) is 1.07. The Morgan fingerprint density at radius 3 is 1.50 bits per heavy atom. The van der Waals surface area contributed by atoms with Gasteiger partial charge < -0.3 is 13.9 Å². The average molecular weight is 239 g/mol. The molecule has 0 aliphatic rings. The van der Waals surface area contributed by atoms with Gasteiger partial charge in [-0.2, -0.15) is 0 Å². The number of ether oxygens (including phenoxy) is 2. The normalized spacial score (nSPS) is 13.7. The summed E-state index contributed by atoms with van der Waals surface area (Å²) in [4.78, 5) is 0. The van der Waals surface area contributed by atoms with Gasteiger partial charge in [0, 0.05) is 0 Å². The van der Waals surface area contributed by atoms with Crippen LogP contribution in [-0.4, -0.2) is 26.8 Å². The van der Waals surface area contributed by atoms with Crippen LogP contribution in [0.15, 0.2) is 0 Å². The predicted molar refractivity (Wildman–Crippen MR) is 58.2 cm³/mol. The van der Waals surface area contributed by atoms with E-state index in [9.17, 15) is 0 Å². The average Bonchev–Trinajstić information content (AvgIpc) is 1.78. The zero-order valence-electron chi connectivity index (χ0n) is 9.68. The lowest BCUT2D eigenvalue weighted by atomic mass is 10.2. The highest BCUT2D eigenvalue weighted by Gasteiger charge is 2.24. The quantitative estimate of drug-likeness (QED) is 0.428. The molecule has 0 fully saturated rings. The molecule has 0 aromatic carbocycles. The second kappa shape index (κ2) is 5.46. The van der Waals surface area contributed by atoms with Crippen molar-refractivity contribution in [2.75, 3.05) is 0 Å². The van der Waals surface area contributed by atoms with Crippen molar-refractivity contribution in [2.24, 2.45) is 0 Å². The lowest BCUT2D eigenvalue weighted by Gasteiger charge is -2.31. The van der Waals surface area contributed by atoms with Crippen molar-refractivity contribution in [1.29, 1.82) is 0 Å². The van der Waals surface area contributed by atoms with E-state index < -0.39 is 6.48 Å². The van der Waals surface area contributed by atoms with Gasteiger partial charge in [0.05, 0.1) is 11.2 Å². The third kappa shape index (κ3) is 8.96. The molecule has 3 nitrogen and oxygen atoms in total. The predicted octanol–water partition coefficient (Wildman–Crippen LogP) is 2.69. The maximum atomic E-state index is 5.53. The zero-order valence-corrected chi connectivity index (χ0v) is 11.4. The molecule has 0 aliphatic carbocycles. The van der Waals surface area contributed by atoms with Crippen molar-refractivity contribution in [1.82, 2.24) is 0 Å². The summed E-state index contributed by atoms with van der Waals surface area (Å²) in [6, 6.07) is 0. The summed E-state index contributed by atoms with van der Waals surface area (Å²) in [6.07, 6.45) is 0. The van der Waals surface area contributed by atoms with Crippen LogP contribution in [0.2, 0.25) is 0 Å². The Bertz CT molecular complexity index is 146. The van der Waals surface area contributed by atoms with E-state index in [0.29, 0.717) is 0 Å². The van der Waals surface area contributed by atoms with Crippen LogP contribution in [-0.2, 0) is 13.9 Å². The number of halogens is 1. The van der Waals surface area contributed by atoms with Gasteiger partial charge >= 0.3 is 9.07 Å². The van der Waals surface area contributed by atoms with Crippen molar-refractivity contribution in [3.8, 4) is 0 Å². The van der Waals surface area contributed by atoms with E-state index in [1.807, 2.05) is 41.5 Å². The molecule has 0 aromatic heterocycles. The molecule has 0 saturated heterocycles. The molecular formula is C9H19ClO3Si. The highest BCUT2D eigenvalue weighted by Crippen LogP contribution is 2.18. The molecule has 0 rings (SSSR count). The van der Waals surface area contributed by atoms with Gasteiger partial charge in [0.1, 0.15) is 0 Å². The van der Waals surface area contributed by atoms with Crippen LogP contribution in [0.1, 0.15) is 41.5 Å². The van der Waals surface area contributed by atoms with Gasteiger partial charge in [-0.15, -0.1) is 11.1 Å². The second-order valence-corrected chi connectivity index (χ2v) is 5.80. The van der Waals surface area contributed by atoms with Crippen molar-refractivity contribution in [3.63, 3.8) is 0 Å². The highest BCUT2D eigenvalue weighted by atomic mass is 35.6. The Labute approximate surface area is 93.7 Å². The summed E-state index contributed by atoms with van der Waals surface area (Å²) in [7, 11) is -0.168. The minimum absolute atomic E-state index is 0.168. The third-order valence-corrected chi connectivity index (χ3v) is 1.59. The van der Waals surface area contributed by atoms with E-state index in [1.165, 1.54) is 0 Å². The maximum Gasteiger partial charge on any atom is 0.360 e. The molecule has 2 radical (unpaired) electrons. The third-order valence-electron chi connectivity index (χ3n) is 1.04. The van der Waals surface area contributed by atoms with Crippen LogP contribution in [0.4, 0.5) is 0 Å². The smallest absolute Gasteiger partial charge is 0.354 e. The van der Waals surface area contributed by atoms with Crippen LogP contribution in [0.5, 0.6) is 0 Å². The first-order valence-corrected chi connectivity index (χ1v) is 6.43. The summed E-state index contributed by atoms with van der Waals surface area (Å²) in [5.41, 5.74) is -0.626. The van der Waals surface area contributed by atoms with Crippen molar-refractivity contribution < 1.29 is 13.9 Å². The van der Waals surface area contributed by atoms with E-state index in [-0.39, 0.29) is 20.3 Å². The van der Waals surface area contributed by atoms with Gasteiger partial charge in [-0.25, -0.2) is 0 Å². The molecule has 84 valence electrons. The number of hydrogen-bond acceptors (Lipinski definition) is 3. The van der Waals surface area contributed by atoms with Crippen LogP contribution < -0.4 is 0 Å². The topological polar surface area (TPSA) is 27.7 Å². The maximum absolute atomic E-state index is 5.53. The van der Waals surface area contributed by atoms with Gasteiger partial charge in [-0.3, -0.25) is 0 Å². The van der Waals surface area contributed by atoms with Gasteiger partial charge in [-0.05, 0) is 41.5 Å². The fourth-order valence-electron chi connectivity index (χ4n) is 0.686. The summed E-state index contributed by atoms with van der Waals surface area (Å²) in [6.45, 7) is 10.9. The molecule has 0 atom stereocenters. The highest BCUT2D eigenvalue weighted by molar-refractivity contribution is 6.89. The van der Waals surface area contributed by atoms with E-state index in [0.717, 1.165) is 0 Å². The molecule has 14 heavy (non-hydrogen) atoms. The summed E-state index contributed by atoms with van der Waals surface area (Å²) >= 11 is 5.50. The molecular weight excluding hydrogens is 220 g/mol. The Kier molecular flexibility index (Phi) is 5.62. The van der Waals surface area contributed by atoms with E-state index in [4.69, 9.17) is 25.0 Å². The molecule has 0 bridgehead atoms. The van der Waals surface area contributed by atoms with Crippen molar-refractivity contribution in [2.45, 2.75) is 59.2 Å². The van der Waals surface area contributed by atoms with Gasteiger partial charge in [0.25, 0.3) is 6.48 Å². The molecule has 0 N–H and O–H groups in total. The summed E-state index contributed by atoms with van der Waals surface area (Å²) < 4.78 is 16.2. The molecule has 0 spiro atoms. The summed E-state index contributed by atoms with van der Waals surface area (Å²) in [5.74, 6) is 0. The number of rotatable bonds is 4. The fraction of sp³-hybridized carbons (Fsp3) is 1.00. The lowest BCUT2D eigenvalue weighted by Crippen LogP contribution is -2.37. The number of hydrogen-bond donors (Lipinski definition) is 0. The van der Waals surface area contributed by atoms with Crippen LogP contribution in [0.3, 0.4) is 0 Å². The molecule has 0 heterocycles. The summed E-state index contributed by atoms with van der Waals surface area (Å²) in [5, 5.41) is 0. The Balaban J connectivity index is 4.16. The van der Waals surface area contributed by atoms with Crippen molar-refractivity contribution >= 4 is 20.2 Å². The molecule has 0 aromatic rings. The Morgan fingerprint density at radius 2 is 1.29 bits per heavy atom. The SMILES string of the molecule is CC(C)(C)OC(O[Si]Cl)OC(C)(C)C. The largest absolute Gasteiger partial charge is 0.360 e. The molecule has 5 heteroatoms. The van der Waals surface area contributed by atoms with E-state index in [1.54, 1.807) is 0 Å². The Morgan fingerprint density at radius 1 is 0.929 bits per heavy atom. The zero-order chi connectivity index (χ0) is 11.4. The minimum Gasteiger partial charge on any atom is -0.354 e. The first-order valence-electron chi connectivity index (χ1n) is 4.51. The van der Waals surface area contributed by atoms with Gasteiger partial charge in [0.2, 0.25) is 0 Å². The second-order valence-electron chi connectivity index (χ2n) is 4.94.